The molecule has 0 fully saturated rings. The van der Waals surface area contributed by atoms with Crippen molar-refractivity contribution >= 4 is 5.91 Å². The second-order valence-corrected chi connectivity index (χ2v) is 3.14. The fourth-order valence-electron chi connectivity index (χ4n) is 1.32. The zero-order valence-corrected chi connectivity index (χ0v) is 8.37. The van der Waals surface area contributed by atoms with E-state index in [-0.39, 0.29) is 5.69 Å². The monoisotopic (exact) mass is 215 g/mol. The summed E-state index contributed by atoms with van der Waals surface area (Å²) in [7, 11) is 0. The van der Waals surface area contributed by atoms with E-state index in [1.807, 2.05) is 0 Å². The van der Waals surface area contributed by atoms with Crippen LogP contribution in [0, 0.1) is 0 Å². The van der Waals surface area contributed by atoms with Crippen molar-refractivity contribution in [3.63, 3.8) is 0 Å². The minimum absolute atomic E-state index is 0.186. The van der Waals surface area contributed by atoms with Gasteiger partial charge in [-0.15, -0.1) is 0 Å². The first-order valence-corrected chi connectivity index (χ1v) is 4.61. The van der Waals surface area contributed by atoms with Crippen molar-refractivity contribution in [2.75, 3.05) is 0 Å². The molecule has 0 unspecified atom stereocenters. The van der Waals surface area contributed by atoms with Gasteiger partial charge in [-0.25, -0.2) is 15.0 Å². The van der Waals surface area contributed by atoms with E-state index in [1.54, 1.807) is 12.4 Å². The average Bonchev–Trinajstić information content (AvgIpc) is 2.31. The Kier molecular flexibility index (Phi) is 2.81. The minimum atomic E-state index is -0.583. The summed E-state index contributed by atoms with van der Waals surface area (Å²) in [5, 5.41) is 0. The van der Waals surface area contributed by atoms with Gasteiger partial charge in [0.25, 0.3) is 5.91 Å². The van der Waals surface area contributed by atoms with E-state index in [4.69, 9.17) is 5.73 Å². The Bertz CT molecular complexity index is 500. The molecule has 0 atom stereocenters. The molecule has 2 heterocycles. The summed E-state index contributed by atoms with van der Waals surface area (Å²) in [6, 6.07) is 0. The van der Waals surface area contributed by atoms with E-state index >= 15 is 0 Å². The van der Waals surface area contributed by atoms with E-state index < -0.39 is 5.91 Å². The second kappa shape index (κ2) is 4.43. The third-order valence-electron chi connectivity index (χ3n) is 1.99. The molecule has 0 aliphatic heterocycles. The highest BCUT2D eigenvalue weighted by atomic mass is 16.1. The number of primary amides is 1. The number of carbonyl (C=O) groups is 1. The van der Waals surface area contributed by atoms with Crippen LogP contribution in [0.15, 0.2) is 31.1 Å². The smallest absolute Gasteiger partial charge is 0.269 e. The largest absolute Gasteiger partial charge is 0.364 e. The molecule has 16 heavy (non-hydrogen) atoms. The normalized spacial score (nSPS) is 10.0. The highest BCUT2D eigenvalue weighted by Gasteiger charge is 2.10. The molecule has 1 amide bonds. The summed E-state index contributed by atoms with van der Waals surface area (Å²) in [5.41, 5.74) is 6.77. The van der Waals surface area contributed by atoms with E-state index in [0.717, 1.165) is 5.56 Å². The number of hydrogen-bond acceptors (Lipinski definition) is 5. The van der Waals surface area contributed by atoms with Gasteiger partial charge in [0.1, 0.15) is 12.0 Å². The molecule has 0 saturated heterocycles. The second-order valence-electron chi connectivity index (χ2n) is 3.14. The van der Waals surface area contributed by atoms with Gasteiger partial charge in [-0.3, -0.25) is 9.78 Å². The molecule has 2 aromatic rings. The first-order chi connectivity index (χ1) is 7.77. The van der Waals surface area contributed by atoms with Gasteiger partial charge in [-0.2, -0.15) is 0 Å². The van der Waals surface area contributed by atoms with Crippen LogP contribution in [-0.4, -0.2) is 25.8 Å². The van der Waals surface area contributed by atoms with Crippen LogP contribution in [0.2, 0.25) is 0 Å². The van der Waals surface area contributed by atoms with E-state index in [1.165, 1.54) is 18.7 Å². The Labute approximate surface area is 91.6 Å². The summed E-state index contributed by atoms with van der Waals surface area (Å²) >= 11 is 0. The van der Waals surface area contributed by atoms with E-state index in [2.05, 4.69) is 19.9 Å². The molecule has 0 saturated carbocycles. The lowest BCUT2D eigenvalue weighted by Gasteiger charge is -2.03. The number of aromatic nitrogens is 4. The van der Waals surface area contributed by atoms with Crippen LogP contribution in [0.4, 0.5) is 0 Å². The number of hydrogen-bond donors (Lipinski definition) is 1. The minimum Gasteiger partial charge on any atom is -0.364 e. The predicted molar refractivity (Wildman–Crippen MR) is 55.4 cm³/mol. The predicted octanol–water partition coefficient (Wildman–Crippen LogP) is -0.0437. The summed E-state index contributed by atoms with van der Waals surface area (Å²) in [6.45, 7) is 0. The number of rotatable bonds is 3. The molecule has 0 radical (unpaired) electrons. The SMILES string of the molecule is NC(=O)c1nccnc1Cc1cncnc1. The topological polar surface area (TPSA) is 94.7 Å². The molecule has 0 aliphatic carbocycles. The number of nitrogens with zero attached hydrogens (tertiary/aromatic N) is 4. The quantitative estimate of drug-likeness (QED) is 0.774. The standard InChI is InChI=1S/C10H9N5O/c11-10(16)9-8(14-1-2-15-9)3-7-4-12-6-13-5-7/h1-2,4-6H,3H2,(H2,11,16). The van der Waals surface area contributed by atoms with Gasteiger partial charge < -0.3 is 5.73 Å². The highest BCUT2D eigenvalue weighted by Crippen LogP contribution is 2.07. The van der Waals surface area contributed by atoms with E-state index in [0.29, 0.717) is 12.1 Å². The fourth-order valence-corrected chi connectivity index (χ4v) is 1.32. The van der Waals surface area contributed by atoms with Crippen molar-refractivity contribution in [2.24, 2.45) is 5.73 Å². The van der Waals surface area contributed by atoms with Crippen LogP contribution in [0.5, 0.6) is 0 Å². The van der Waals surface area contributed by atoms with Gasteiger partial charge in [0.05, 0.1) is 5.69 Å². The van der Waals surface area contributed by atoms with Gasteiger partial charge in [0, 0.05) is 31.2 Å². The van der Waals surface area contributed by atoms with Gasteiger partial charge in [-0.1, -0.05) is 0 Å². The number of amides is 1. The maximum absolute atomic E-state index is 11.1. The summed E-state index contributed by atoms with van der Waals surface area (Å²) < 4.78 is 0. The highest BCUT2D eigenvalue weighted by molar-refractivity contribution is 5.91. The third kappa shape index (κ3) is 2.17. The lowest BCUT2D eigenvalue weighted by molar-refractivity contribution is 0.0994. The first kappa shape index (κ1) is 10.2. The summed E-state index contributed by atoms with van der Waals surface area (Å²) in [5.74, 6) is -0.583. The summed E-state index contributed by atoms with van der Waals surface area (Å²) in [4.78, 5) is 26.8. The molecular weight excluding hydrogens is 206 g/mol. The lowest BCUT2D eigenvalue weighted by Crippen LogP contribution is -2.17. The van der Waals surface area contributed by atoms with Gasteiger partial charge >= 0.3 is 0 Å². The van der Waals surface area contributed by atoms with Gasteiger partial charge in [0.15, 0.2) is 0 Å². The Hall–Kier alpha value is -2.37. The van der Waals surface area contributed by atoms with Gasteiger partial charge in [0.2, 0.25) is 0 Å². The third-order valence-corrected chi connectivity index (χ3v) is 1.99. The van der Waals surface area contributed by atoms with Gasteiger partial charge in [-0.05, 0) is 5.56 Å². The van der Waals surface area contributed by atoms with Crippen molar-refractivity contribution < 1.29 is 4.79 Å². The first-order valence-electron chi connectivity index (χ1n) is 4.61. The molecule has 6 heteroatoms. The van der Waals surface area contributed by atoms with Crippen LogP contribution >= 0.6 is 0 Å². The average molecular weight is 215 g/mol. The molecule has 6 nitrogen and oxygen atoms in total. The molecule has 2 rings (SSSR count). The molecule has 0 bridgehead atoms. The van der Waals surface area contributed by atoms with Crippen molar-refractivity contribution in [3.05, 3.63) is 48.1 Å². The summed E-state index contributed by atoms with van der Waals surface area (Å²) in [6.07, 6.45) is 8.15. The molecule has 2 aromatic heterocycles. The Morgan fingerprint density at radius 1 is 1.19 bits per heavy atom. The molecule has 0 spiro atoms. The Morgan fingerprint density at radius 2 is 1.88 bits per heavy atom. The van der Waals surface area contributed by atoms with Crippen molar-refractivity contribution in [3.8, 4) is 0 Å². The van der Waals surface area contributed by atoms with Crippen molar-refractivity contribution in [2.45, 2.75) is 6.42 Å². The Morgan fingerprint density at radius 3 is 2.56 bits per heavy atom. The zero-order chi connectivity index (χ0) is 11.4. The maximum atomic E-state index is 11.1. The molecule has 2 N–H and O–H groups in total. The molecular formula is C10H9N5O. The van der Waals surface area contributed by atoms with Crippen molar-refractivity contribution in [1.29, 1.82) is 0 Å². The Balaban J connectivity index is 2.31. The zero-order valence-electron chi connectivity index (χ0n) is 8.37. The van der Waals surface area contributed by atoms with Crippen LogP contribution in [0.3, 0.4) is 0 Å². The van der Waals surface area contributed by atoms with Crippen LogP contribution in [0.25, 0.3) is 0 Å². The molecule has 80 valence electrons. The van der Waals surface area contributed by atoms with E-state index in [9.17, 15) is 4.79 Å². The lowest BCUT2D eigenvalue weighted by atomic mass is 10.1. The van der Waals surface area contributed by atoms with Crippen LogP contribution in [0.1, 0.15) is 21.7 Å². The fraction of sp³-hybridized carbons (Fsp3) is 0.100. The van der Waals surface area contributed by atoms with Crippen LogP contribution in [-0.2, 0) is 6.42 Å². The van der Waals surface area contributed by atoms with Crippen LogP contribution < -0.4 is 5.73 Å². The van der Waals surface area contributed by atoms with Crippen molar-refractivity contribution in [1.82, 2.24) is 19.9 Å². The maximum Gasteiger partial charge on any atom is 0.269 e. The molecule has 0 aromatic carbocycles. The molecule has 0 aliphatic rings. The number of carbonyl (C=O) groups excluding carboxylic acids is 1. The number of nitrogens with two attached hydrogens (primary N) is 1.